The Hall–Kier alpha value is -3.18. The molecule has 0 aliphatic carbocycles. The lowest BCUT2D eigenvalue weighted by Crippen LogP contribution is -2.18. The van der Waals surface area contributed by atoms with Gasteiger partial charge in [0.2, 0.25) is 0 Å². The molecule has 0 saturated carbocycles. The predicted octanol–water partition coefficient (Wildman–Crippen LogP) is 4.48. The van der Waals surface area contributed by atoms with Crippen LogP contribution < -0.4 is 4.83 Å². The van der Waals surface area contributed by atoms with Crippen LogP contribution in [0.25, 0.3) is 12.2 Å². The van der Waals surface area contributed by atoms with Crippen molar-refractivity contribution >= 4 is 28.4 Å². The van der Waals surface area contributed by atoms with Gasteiger partial charge in [-0.3, -0.25) is 0 Å². The van der Waals surface area contributed by atoms with Crippen LogP contribution in [0.15, 0.2) is 88.9 Å². The van der Waals surface area contributed by atoms with E-state index in [2.05, 4.69) is 9.93 Å². The zero-order chi connectivity index (χ0) is 19.1. The van der Waals surface area contributed by atoms with Crippen molar-refractivity contribution < 1.29 is 8.42 Å². The van der Waals surface area contributed by atoms with Gasteiger partial charge in [-0.05, 0) is 30.2 Å². The van der Waals surface area contributed by atoms with Gasteiger partial charge in [-0.15, -0.1) is 0 Å². The zero-order valence-corrected chi connectivity index (χ0v) is 15.7. The standard InChI is InChI=1S/C22H20N2O2S/c1-18-11-15-22(16-12-18)27(25,26)24-23-17-21-10-6-5-9-20(21)14-13-19-7-3-2-4-8-19/h2-17,24H,1H3/b14-13+,23-17+. The molecule has 0 radical (unpaired) electrons. The highest BCUT2D eigenvalue weighted by Gasteiger charge is 2.11. The third-order valence-corrected chi connectivity index (χ3v) is 5.20. The summed E-state index contributed by atoms with van der Waals surface area (Å²) in [5, 5.41) is 3.93. The monoisotopic (exact) mass is 376 g/mol. The smallest absolute Gasteiger partial charge is 0.200 e. The van der Waals surface area contributed by atoms with E-state index in [9.17, 15) is 8.42 Å². The summed E-state index contributed by atoms with van der Waals surface area (Å²) in [6.45, 7) is 1.90. The molecule has 136 valence electrons. The molecule has 0 aliphatic heterocycles. The van der Waals surface area contributed by atoms with Gasteiger partial charge < -0.3 is 0 Å². The molecule has 0 bridgehead atoms. The highest BCUT2D eigenvalue weighted by atomic mass is 32.2. The van der Waals surface area contributed by atoms with E-state index < -0.39 is 10.0 Å². The van der Waals surface area contributed by atoms with Crippen molar-refractivity contribution in [3.05, 3.63) is 101 Å². The maximum Gasteiger partial charge on any atom is 0.276 e. The molecule has 0 fully saturated rings. The van der Waals surface area contributed by atoms with Gasteiger partial charge >= 0.3 is 0 Å². The molecule has 0 spiro atoms. The molecule has 3 aromatic rings. The number of hydrogen-bond donors (Lipinski definition) is 1. The molecule has 0 saturated heterocycles. The zero-order valence-electron chi connectivity index (χ0n) is 14.9. The van der Waals surface area contributed by atoms with E-state index in [1.54, 1.807) is 24.3 Å². The van der Waals surface area contributed by atoms with Gasteiger partial charge in [0.25, 0.3) is 10.0 Å². The fourth-order valence-corrected chi connectivity index (χ4v) is 3.26. The average molecular weight is 376 g/mol. The normalized spacial score (nSPS) is 11.9. The number of aryl methyl sites for hydroxylation is 1. The van der Waals surface area contributed by atoms with Gasteiger partial charge in [0.15, 0.2) is 0 Å². The summed E-state index contributed by atoms with van der Waals surface area (Å²) in [5.74, 6) is 0. The number of nitrogens with one attached hydrogen (secondary N) is 1. The van der Waals surface area contributed by atoms with E-state index in [0.717, 1.165) is 22.3 Å². The Bertz CT molecular complexity index is 1050. The van der Waals surface area contributed by atoms with Crippen LogP contribution >= 0.6 is 0 Å². The van der Waals surface area contributed by atoms with Crippen molar-refractivity contribution in [1.29, 1.82) is 0 Å². The SMILES string of the molecule is Cc1ccc(S(=O)(=O)N/N=C/c2ccccc2/C=C/c2ccccc2)cc1. The highest BCUT2D eigenvalue weighted by Crippen LogP contribution is 2.13. The minimum atomic E-state index is -3.68. The van der Waals surface area contributed by atoms with Gasteiger partial charge in [-0.2, -0.15) is 13.5 Å². The lowest BCUT2D eigenvalue weighted by Gasteiger charge is -2.04. The number of rotatable bonds is 6. The summed E-state index contributed by atoms with van der Waals surface area (Å²) in [4.78, 5) is 2.44. The van der Waals surface area contributed by atoms with E-state index in [4.69, 9.17) is 0 Å². The van der Waals surface area contributed by atoms with E-state index in [-0.39, 0.29) is 4.90 Å². The van der Waals surface area contributed by atoms with Crippen molar-refractivity contribution in [2.24, 2.45) is 5.10 Å². The van der Waals surface area contributed by atoms with Crippen LogP contribution in [0.5, 0.6) is 0 Å². The fraction of sp³-hybridized carbons (Fsp3) is 0.0455. The van der Waals surface area contributed by atoms with Crippen LogP contribution in [0.4, 0.5) is 0 Å². The molecule has 4 nitrogen and oxygen atoms in total. The first-order valence-electron chi connectivity index (χ1n) is 8.48. The molecular formula is C22H20N2O2S. The minimum Gasteiger partial charge on any atom is -0.200 e. The second-order valence-corrected chi connectivity index (χ2v) is 7.70. The Labute approximate surface area is 159 Å². The van der Waals surface area contributed by atoms with Crippen molar-refractivity contribution in [2.45, 2.75) is 11.8 Å². The van der Waals surface area contributed by atoms with Crippen LogP contribution in [-0.2, 0) is 10.0 Å². The second-order valence-electron chi connectivity index (χ2n) is 6.04. The van der Waals surface area contributed by atoms with Crippen LogP contribution in [0.2, 0.25) is 0 Å². The molecule has 0 amide bonds. The summed E-state index contributed by atoms with van der Waals surface area (Å²) in [6.07, 6.45) is 5.49. The van der Waals surface area contributed by atoms with Crippen LogP contribution in [0, 0.1) is 6.92 Å². The van der Waals surface area contributed by atoms with Crippen LogP contribution in [-0.4, -0.2) is 14.6 Å². The van der Waals surface area contributed by atoms with Crippen molar-refractivity contribution in [1.82, 2.24) is 4.83 Å². The first-order chi connectivity index (χ1) is 13.0. The molecule has 3 rings (SSSR count). The topological polar surface area (TPSA) is 58.5 Å². The van der Waals surface area contributed by atoms with Crippen molar-refractivity contribution in [3.8, 4) is 0 Å². The highest BCUT2D eigenvalue weighted by molar-refractivity contribution is 7.89. The van der Waals surface area contributed by atoms with Crippen LogP contribution in [0.1, 0.15) is 22.3 Å². The molecule has 0 heterocycles. The summed E-state index contributed by atoms with van der Waals surface area (Å²) in [5.41, 5.74) is 3.84. The maximum atomic E-state index is 12.3. The Balaban J connectivity index is 1.76. The summed E-state index contributed by atoms with van der Waals surface area (Å²) >= 11 is 0. The largest absolute Gasteiger partial charge is 0.276 e. The summed E-state index contributed by atoms with van der Waals surface area (Å²) < 4.78 is 24.6. The third-order valence-electron chi connectivity index (χ3n) is 3.96. The van der Waals surface area contributed by atoms with Gasteiger partial charge in [-0.25, -0.2) is 4.83 Å². The lowest BCUT2D eigenvalue weighted by molar-refractivity contribution is 0.584. The Kier molecular flexibility index (Phi) is 5.84. The predicted molar refractivity (Wildman–Crippen MR) is 111 cm³/mol. The number of hydrogen-bond acceptors (Lipinski definition) is 3. The van der Waals surface area contributed by atoms with Gasteiger partial charge in [0.1, 0.15) is 0 Å². The number of nitrogens with zero attached hydrogens (tertiary/aromatic N) is 1. The molecule has 0 aromatic heterocycles. The summed E-state index contributed by atoms with van der Waals surface area (Å²) in [7, 11) is -3.68. The molecule has 5 heteroatoms. The third kappa shape index (κ3) is 5.15. The Morgan fingerprint density at radius 2 is 1.41 bits per heavy atom. The molecule has 0 aliphatic rings. The van der Waals surface area contributed by atoms with Crippen LogP contribution in [0.3, 0.4) is 0 Å². The Morgan fingerprint density at radius 3 is 2.11 bits per heavy atom. The van der Waals surface area contributed by atoms with Crippen molar-refractivity contribution in [3.63, 3.8) is 0 Å². The van der Waals surface area contributed by atoms with Crippen molar-refractivity contribution in [2.75, 3.05) is 0 Å². The first-order valence-corrected chi connectivity index (χ1v) is 9.97. The molecule has 27 heavy (non-hydrogen) atoms. The first kappa shape index (κ1) is 18.6. The summed E-state index contributed by atoms with van der Waals surface area (Å²) in [6, 6.07) is 24.2. The average Bonchev–Trinajstić information content (AvgIpc) is 2.68. The number of sulfonamides is 1. The molecule has 0 unspecified atom stereocenters. The van der Waals surface area contributed by atoms with Gasteiger partial charge in [0, 0.05) is 5.56 Å². The van der Waals surface area contributed by atoms with E-state index >= 15 is 0 Å². The molecule has 0 atom stereocenters. The van der Waals surface area contributed by atoms with Gasteiger partial charge in [-0.1, -0.05) is 84.4 Å². The number of benzene rings is 3. The molecule has 1 N–H and O–H groups in total. The lowest BCUT2D eigenvalue weighted by atomic mass is 10.1. The Morgan fingerprint density at radius 1 is 0.778 bits per heavy atom. The van der Waals surface area contributed by atoms with Gasteiger partial charge in [0.05, 0.1) is 11.1 Å². The van der Waals surface area contributed by atoms with E-state index in [1.807, 2.05) is 73.7 Å². The molecule has 3 aromatic carbocycles. The number of hydrazone groups is 1. The quantitative estimate of drug-likeness (QED) is 0.392. The van der Waals surface area contributed by atoms with E-state index in [1.165, 1.54) is 6.21 Å². The maximum absolute atomic E-state index is 12.3. The minimum absolute atomic E-state index is 0.183. The fourth-order valence-electron chi connectivity index (χ4n) is 2.47. The second kappa shape index (κ2) is 8.47. The molecular weight excluding hydrogens is 356 g/mol. The van der Waals surface area contributed by atoms with E-state index in [0.29, 0.717) is 0 Å².